The highest BCUT2D eigenvalue weighted by Crippen LogP contribution is 2.43. The molecule has 0 N–H and O–H groups in total. The molecule has 0 aromatic heterocycles. The van der Waals surface area contributed by atoms with Crippen molar-refractivity contribution in [3.8, 4) is 0 Å². The predicted molar refractivity (Wildman–Crippen MR) is 60.5 cm³/mol. The van der Waals surface area contributed by atoms with E-state index < -0.39 is 3.55 Å². The lowest BCUT2D eigenvalue weighted by Crippen LogP contribution is -2.41. The number of hydrogen-bond donors (Lipinski definition) is 0. The van der Waals surface area contributed by atoms with Gasteiger partial charge in [0.15, 0.2) is 0 Å². The maximum absolute atomic E-state index is 10.9. The second-order valence-electron chi connectivity index (χ2n) is 3.54. The average molecular weight is 295 g/mol. The number of nitro groups is 1. The Hall–Kier alpha value is -0.130. The summed E-state index contributed by atoms with van der Waals surface area (Å²) < 4.78 is -0.732. The summed E-state index contributed by atoms with van der Waals surface area (Å²) in [4.78, 5) is 10.8. The Bertz CT molecular complexity index is 220. The second kappa shape index (κ2) is 4.39. The Morgan fingerprint density at radius 1 is 1.69 bits per heavy atom. The molecular weight excluding hydrogens is 281 g/mol. The van der Waals surface area contributed by atoms with Crippen LogP contribution in [0, 0.1) is 16.0 Å². The summed E-state index contributed by atoms with van der Waals surface area (Å²) in [6.07, 6.45) is 6.35. The van der Waals surface area contributed by atoms with Crippen molar-refractivity contribution in [2.75, 3.05) is 0 Å². The largest absolute Gasteiger partial charge is 0.272 e. The maximum atomic E-state index is 10.9. The molecule has 0 aliphatic heterocycles. The number of alkyl halides is 1. The van der Waals surface area contributed by atoms with Gasteiger partial charge in [0.2, 0.25) is 0 Å². The Labute approximate surface area is 91.9 Å². The molecule has 1 rings (SSSR count). The molecule has 0 radical (unpaired) electrons. The number of allylic oxidation sites excluding steroid dienone is 1. The zero-order chi connectivity index (χ0) is 9.90. The van der Waals surface area contributed by atoms with Crippen molar-refractivity contribution in [3.63, 3.8) is 0 Å². The van der Waals surface area contributed by atoms with Gasteiger partial charge in [0.25, 0.3) is 3.55 Å². The molecule has 0 heterocycles. The first-order valence-electron chi connectivity index (χ1n) is 4.55. The maximum Gasteiger partial charge on any atom is 0.272 e. The Kier molecular flexibility index (Phi) is 3.70. The third-order valence-corrected chi connectivity index (χ3v) is 4.52. The lowest BCUT2D eigenvalue weighted by Gasteiger charge is -2.31. The number of hydrogen-bond acceptors (Lipinski definition) is 2. The summed E-state index contributed by atoms with van der Waals surface area (Å²) >= 11 is 2.02. The van der Waals surface area contributed by atoms with Crippen molar-refractivity contribution in [2.24, 2.45) is 5.92 Å². The van der Waals surface area contributed by atoms with Gasteiger partial charge >= 0.3 is 0 Å². The van der Waals surface area contributed by atoms with Crippen LogP contribution in [-0.4, -0.2) is 8.47 Å². The van der Waals surface area contributed by atoms with E-state index in [4.69, 9.17) is 0 Å². The van der Waals surface area contributed by atoms with Crippen LogP contribution >= 0.6 is 22.6 Å². The van der Waals surface area contributed by atoms with E-state index in [1.807, 2.05) is 22.6 Å². The molecule has 74 valence electrons. The summed E-state index contributed by atoms with van der Waals surface area (Å²) in [5.74, 6) is 0.175. The number of rotatable bonds is 3. The van der Waals surface area contributed by atoms with Crippen molar-refractivity contribution in [1.29, 1.82) is 0 Å². The molecule has 0 amide bonds. The van der Waals surface area contributed by atoms with Gasteiger partial charge < -0.3 is 0 Å². The summed E-state index contributed by atoms with van der Waals surface area (Å²) in [6.45, 7) is 3.65. The lowest BCUT2D eigenvalue weighted by molar-refractivity contribution is -0.544. The molecule has 2 unspecified atom stereocenters. The zero-order valence-electron chi connectivity index (χ0n) is 7.54. The molecule has 1 aliphatic rings. The molecule has 4 heteroatoms. The SMILES string of the molecule is C=CCC1CCCCC1(I)[N+](=O)[O-]. The van der Waals surface area contributed by atoms with E-state index in [1.54, 1.807) is 6.08 Å². The van der Waals surface area contributed by atoms with E-state index in [2.05, 4.69) is 6.58 Å². The smallest absolute Gasteiger partial charge is 0.263 e. The van der Waals surface area contributed by atoms with Crippen molar-refractivity contribution in [1.82, 2.24) is 0 Å². The molecule has 1 fully saturated rings. The predicted octanol–water partition coefficient (Wildman–Crippen LogP) is 3.16. The molecule has 0 saturated heterocycles. The highest BCUT2D eigenvalue weighted by molar-refractivity contribution is 14.1. The molecule has 0 aromatic carbocycles. The fourth-order valence-electron chi connectivity index (χ4n) is 1.93. The number of nitrogens with zero attached hydrogens (tertiary/aromatic N) is 1. The average Bonchev–Trinajstić information content (AvgIpc) is 2.09. The van der Waals surface area contributed by atoms with Crippen LogP contribution in [0.1, 0.15) is 32.1 Å². The second-order valence-corrected chi connectivity index (χ2v) is 5.41. The van der Waals surface area contributed by atoms with Gasteiger partial charge in [-0.1, -0.05) is 12.5 Å². The Morgan fingerprint density at radius 2 is 2.38 bits per heavy atom. The lowest BCUT2D eigenvalue weighted by atomic mass is 9.83. The molecule has 0 bridgehead atoms. The fourth-order valence-corrected chi connectivity index (χ4v) is 2.88. The molecule has 2 atom stereocenters. The summed E-state index contributed by atoms with van der Waals surface area (Å²) in [5.41, 5.74) is 0. The van der Waals surface area contributed by atoms with Gasteiger partial charge in [-0.2, -0.15) is 0 Å². The molecule has 0 spiro atoms. The van der Waals surface area contributed by atoms with Gasteiger partial charge in [0.1, 0.15) is 0 Å². The molecule has 13 heavy (non-hydrogen) atoms. The van der Waals surface area contributed by atoms with E-state index in [1.165, 1.54) is 0 Å². The minimum atomic E-state index is -0.732. The van der Waals surface area contributed by atoms with Crippen molar-refractivity contribution < 1.29 is 4.92 Å². The third-order valence-electron chi connectivity index (χ3n) is 2.71. The Morgan fingerprint density at radius 3 is 2.92 bits per heavy atom. The van der Waals surface area contributed by atoms with E-state index in [-0.39, 0.29) is 10.8 Å². The van der Waals surface area contributed by atoms with E-state index >= 15 is 0 Å². The molecule has 1 saturated carbocycles. The summed E-state index contributed by atoms with van der Waals surface area (Å²) in [7, 11) is 0. The van der Waals surface area contributed by atoms with Crippen LogP contribution in [-0.2, 0) is 0 Å². The monoisotopic (exact) mass is 295 g/mol. The molecule has 3 nitrogen and oxygen atoms in total. The van der Waals surface area contributed by atoms with Crippen LogP contribution in [0.2, 0.25) is 0 Å². The quantitative estimate of drug-likeness (QED) is 0.200. The van der Waals surface area contributed by atoms with E-state index in [9.17, 15) is 10.1 Å². The minimum Gasteiger partial charge on any atom is -0.263 e. The van der Waals surface area contributed by atoms with Crippen LogP contribution in [0.25, 0.3) is 0 Å². The number of halogens is 1. The van der Waals surface area contributed by atoms with Gasteiger partial charge in [-0.3, -0.25) is 10.1 Å². The van der Waals surface area contributed by atoms with E-state index in [0.717, 1.165) is 25.7 Å². The summed E-state index contributed by atoms with van der Waals surface area (Å²) in [6, 6.07) is 0. The standard InChI is InChI=1S/C9H14INO2/c1-2-5-8-6-3-4-7-9(8,10)11(12)13/h2,8H,1,3-7H2. The first-order chi connectivity index (χ1) is 6.11. The van der Waals surface area contributed by atoms with Crippen molar-refractivity contribution in [2.45, 2.75) is 35.6 Å². The Balaban J connectivity index is 2.76. The van der Waals surface area contributed by atoms with Crippen LogP contribution in [0.3, 0.4) is 0 Å². The molecular formula is C9H14INO2. The van der Waals surface area contributed by atoms with Gasteiger partial charge in [0, 0.05) is 39.9 Å². The first kappa shape index (κ1) is 10.9. The highest BCUT2D eigenvalue weighted by Gasteiger charge is 2.48. The molecule has 0 aromatic rings. The van der Waals surface area contributed by atoms with Gasteiger partial charge in [0.05, 0.1) is 0 Å². The van der Waals surface area contributed by atoms with Crippen LogP contribution < -0.4 is 0 Å². The third kappa shape index (κ3) is 2.21. The van der Waals surface area contributed by atoms with Gasteiger partial charge in [-0.05, 0) is 19.3 Å². The van der Waals surface area contributed by atoms with Gasteiger partial charge in [-0.25, -0.2) is 0 Å². The highest BCUT2D eigenvalue weighted by atomic mass is 127. The molecule has 1 aliphatic carbocycles. The van der Waals surface area contributed by atoms with Crippen LogP contribution in [0.5, 0.6) is 0 Å². The van der Waals surface area contributed by atoms with E-state index in [0.29, 0.717) is 6.42 Å². The normalized spacial score (nSPS) is 34.1. The fraction of sp³-hybridized carbons (Fsp3) is 0.778. The minimum absolute atomic E-state index is 0.110. The first-order valence-corrected chi connectivity index (χ1v) is 5.63. The van der Waals surface area contributed by atoms with Crippen molar-refractivity contribution >= 4 is 22.6 Å². The van der Waals surface area contributed by atoms with Crippen LogP contribution in [0.15, 0.2) is 12.7 Å². The zero-order valence-corrected chi connectivity index (χ0v) is 9.70. The summed E-state index contributed by atoms with van der Waals surface area (Å²) in [5, 5.41) is 10.9. The van der Waals surface area contributed by atoms with Crippen molar-refractivity contribution in [3.05, 3.63) is 22.8 Å². The topological polar surface area (TPSA) is 43.1 Å². The van der Waals surface area contributed by atoms with Crippen LogP contribution in [0.4, 0.5) is 0 Å². The van der Waals surface area contributed by atoms with Gasteiger partial charge in [-0.15, -0.1) is 6.58 Å².